The van der Waals surface area contributed by atoms with Crippen molar-refractivity contribution in [3.05, 3.63) is 65.7 Å². The van der Waals surface area contributed by atoms with Gasteiger partial charge in [-0.2, -0.15) is 0 Å². The van der Waals surface area contributed by atoms with E-state index in [9.17, 15) is 9.59 Å². The van der Waals surface area contributed by atoms with Crippen LogP contribution in [0, 0.1) is 6.92 Å². The zero-order chi connectivity index (χ0) is 18.9. The molecule has 0 atom stereocenters. The summed E-state index contributed by atoms with van der Waals surface area (Å²) in [4.78, 5) is 23.6. The maximum atomic E-state index is 12.0. The summed E-state index contributed by atoms with van der Waals surface area (Å²) in [6, 6.07) is 15.0. The summed E-state index contributed by atoms with van der Waals surface area (Å²) >= 11 is 5.19. The maximum Gasteiger partial charge on any atom is 0.250 e. The van der Waals surface area contributed by atoms with E-state index in [4.69, 9.17) is 12.2 Å². The first-order valence-electron chi connectivity index (χ1n) is 8.24. The SMILES string of the molecule is CCC(=O)Nc1cccc(NC(=S)NC(=O)/C=C/c2ccccc2)c1C. The summed E-state index contributed by atoms with van der Waals surface area (Å²) < 4.78 is 0. The zero-order valence-corrected chi connectivity index (χ0v) is 15.5. The Morgan fingerprint density at radius 3 is 2.31 bits per heavy atom. The molecule has 134 valence electrons. The minimum absolute atomic E-state index is 0.0628. The summed E-state index contributed by atoms with van der Waals surface area (Å²) in [6.07, 6.45) is 3.54. The molecule has 0 fully saturated rings. The number of anilines is 2. The van der Waals surface area contributed by atoms with Crippen LogP contribution in [0.5, 0.6) is 0 Å². The smallest absolute Gasteiger partial charge is 0.250 e. The third kappa shape index (κ3) is 5.82. The maximum absolute atomic E-state index is 12.0. The van der Waals surface area contributed by atoms with Crippen molar-refractivity contribution in [2.75, 3.05) is 10.6 Å². The molecule has 0 bridgehead atoms. The van der Waals surface area contributed by atoms with Gasteiger partial charge in [-0.1, -0.05) is 43.3 Å². The van der Waals surface area contributed by atoms with Gasteiger partial charge in [-0.15, -0.1) is 0 Å². The van der Waals surface area contributed by atoms with Crippen molar-refractivity contribution in [3.8, 4) is 0 Å². The van der Waals surface area contributed by atoms with Gasteiger partial charge in [0, 0.05) is 23.9 Å². The van der Waals surface area contributed by atoms with Crippen molar-refractivity contribution >= 4 is 46.6 Å². The fourth-order valence-corrected chi connectivity index (χ4v) is 2.40. The average molecular weight is 367 g/mol. The summed E-state index contributed by atoms with van der Waals surface area (Å²) in [5.41, 5.74) is 3.19. The molecule has 2 rings (SSSR count). The van der Waals surface area contributed by atoms with Crippen LogP contribution in [0.4, 0.5) is 11.4 Å². The molecule has 0 spiro atoms. The summed E-state index contributed by atoms with van der Waals surface area (Å²) in [6.45, 7) is 3.66. The standard InChI is InChI=1S/C20H21N3O2S/c1-3-18(24)21-16-10-7-11-17(14(16)2)22-20(26)23-19(25)13-12-15-8-5-4-6-9-15/h4-13H,3H2,1-2H3,(H,21,24)(H2,22,23,25,26)/b13-12+. The predicted molar refractivity (Wildman–Crippen MR) is 110 cm³/mol. The van der Waals surface area contributed by atoms with Gasteiger partial charge < -0.3 is 10.6 Å². The Labute approximate surface area is 158 Å². The highest BCUT2D eigenvalue weighted by Gasteiger charge is 2.08. The van der Waals surface area contributed by atoms with E-state index in [1.807, 2.05) is 49.4 Å². The second kappa shape index (κ2) is 9.48. The van der Waals surface area contributed by atoms with Gasteiger partial charge in [0.25, 0.3) is 0 Å². The molecule has 0 aliphatic rings. The van der Waals surface area contributed by atoms with Crippen molar-refractivity contribution in [3.63, 3.8) is 0 Å². The fraction of sp³-hybridized carbons (Fsp3) is 0.150. The molecule has 0 saturated heterocycles. The normalized spacial score (nSPS) is 10.4. The van der Waals surface area contributed by atoms with E-state index in [1.165, 1.54) is 6.08 Å². The summed E-state index contributed by atoms with van der Waals surface area (Å²) in [5, 5.41) is 8.61. The first kappa shape index (κ1) is 19.3. The first-order chi connectivity index (χ1) is 12.5. The average Bonchev–Trinajstić information content (AvgIpc) is 2.64. The lowest BCUT2D eigenvalue weighted by Gasteiger charge is -2.14. The van der Waals surface area contributed by atoms with E-state index in [1.54, 1.807) is 19.1 Å². The number of hydrogen-bond acceptors (Lipinski definition) is 3. The van der Waals surface area contributed by atoms with Crippen LogP contribution < -0.4 is 16.0 Å². The van der Waals surface area contributed by atoms with E-state index in [2.05, 4.69) is 16.0 Å². The number of hydrogen-bond donors (Lipinski definition) is 3. The molecule has 0 heterocycles. The topological polar surface area (TPSA) is 70.2 Å². The second-order valence-corrected chi connectivity index (χ2v) is 5.98. The molecule has 3 N–H and O–H groups in total. The van der Waals surface area contributed by atoms with Crippen LogP contribution in [-0.2, 0) is 9.59 Å². The minimum atomic E-state index is -0.320. The van der Waals surface area contributed by atoms with Crippen LogP contribution in [0.25, 0.3) is 6.08 Å². The van der Waals surface area contributed by atoms with Crippen LogP contribution in [-0.4, -0.2) is 16.9 Å². The molecule has 0 radical (unpaired) electrons. The highest BCUT2D eigenvalue weighted by Crippen LogP contribution is 2.23. The van der Waals surface area contributed by atoms with E-state index in [-0.39, 0.29) is 16.9 Å². The van der Waals surface area contributed by atoms with Crippen molar-refractivity contribution in [2.45, 2.75) is 20.3 Å². The van der Waals surface area contributed by atoms with Crippen molar-refractivity contribution in [2.24, 2.45) is 0 Å². The fourth-order valence-electron chi connectivity index (χ4n) is 2.19. The minimum Gasteiger partial charge on any atom is -0.332 e. The molecular weight excluding hydrogens is 346 g/mol. The molecule has 2 amide bonds. The molecule has 26 heavy (non-hydrogen) atoms. The van der Waals surface area contributed by atoms with E-state index in [0.717, 1.165) is 16.8 Å². The van der Waals surface area contributed by atoms with E-state index >= 15 is 0 Å². The predicted octanol–water partition coefficient (Wildman–Crippen LogP) is 3.87. The Morgan fingerprint density at radius 2 is 1.65 bits per heavy atom. The Kier molecular flexibility index (Phi) is 7.05. The summed E-state index contributed by atoms with van der Waals surface area (Å²) in [7, 11) is 0. The van der Waals surface area contributed by atoms with Gasteiger partial charge in [-0.05, 0) is 48.5 Å². The quantitative estimate of drug-likeness (QED) is 0.554. The van der Waals surface area contributed by atoms with Gasteiger partial charge in [0.2, 0.25) is 11.8 Å². The largest absolute Gasteiger partial charge is 0.332 e. The highest BCUT2D eigenvalue weighted by molar-refractivity contribution is 7.80. The highest BCUT2D eigenvalue weighted by atomic mass is 32.1. The number of carbonyl (C=O) groups is 2. The van der Waals surface area contributed by atoms with E-state index in [0.29, 0.717) is 12.1 Å². The van der Waals surface area contributed by atoms with Crippen LogP contribution in [0.1, 0.15) is 24.5 Å². The Balaban J connectivity index is 1.97. The molecular formula is C20H21N3O2S. The van der Waals surface area contributed by atoms with Crippen molar-refractivity contribution in [1.82, 2.24) is 5.32 Å². The Morgan fingerprint density at radius 1 is 1.00 bits per heavy atom. The molecule has 0 saturated carbocycles. The first-order valence-corrected chi connectivity index (χ1v) is 8.65. The number of thiocarbonyl (C=S) groups is 1. The number of carbonyl (C=O) groups excluding carboxylic acids is 2. The van der Waals surface area contributed by atoms with Crippen LogP contribution in [0.15, 0.2) is 54.6 Å². The van der Waals surface area contributed by atoms with Crippen LogP contribution in [0.3, 0.4) is 0 Å². The van der Waals surface area contributed by atoms with Crippen LogP contribution in [0.2, 0.25) is 0 Å². The van der Waals surface area contributed by atoms with Crippen molar-refractivity contribution < 1.29 is 9.59 Å². The molecule has 0 aliphatic carbocycles. The van der Waals surface area contributed by atoms with Gasteiger partial charge in [-0.3, -0.25) is 14.9 Å². The molecule has 2 aromatic rings. The number of rotatable bonds is 5. The third-order valence-electron chi connectivity index (χ3n) is 3.64. The van der Waals surface area contributed by atoms with Gasteiger partial charge in [0.1, 0.15) is 0 Å². The van der Waals surface area contributed by atoms with Gasteiger partial charge in [-0.25, -0.2) is 0 Å². The Hall–Kier alpha value is -2.99. The molecule has 0 aromatic heterocycles. The lowest BCUT2D eigenvalue weighted by atomic mass is 10.1. The number of nitrogens with one attached hydrogen (secondary N) is 3. The molecule has 0 unspecified atom stereocenters. The molecule has 2 aromatic carbocycles. The Bertz CT molecular complexity index is 832. The van der Waals surface area contributed by atoms with Gasteiger partial charge >= 0.3 is 0 Å². The number of benzene rings is 2. The molecule has 6 heteroatoms. The lowest BCUT2D eigenvalue weighted by Crippen LogP contribution is -2.33. The molecule has 5 nitrogen and oxygen atoms in total. The van der Waals surface area contributed by atoms with E-state index < -0.39 is 0 Å². The van der Waals surface area contributed by atoms with Crippen LogP contribution >= 0.6 is 12.2 Å². The monoisotopic (exact) mass is 367 g/mol. The lowest BCUT2D eigenvalue weighted by molar-refractivity contribution is -0.116. The number of amides is 2. The second-order valence-electron chi connectivity index (χ2n) is 5.57. The van der Waals surface area contributed by atoms with Gasteiger partial charge in [0.05, 0.1) is 0 Å². The molecule has 0 aliphatic heterocycles. The zero-order valence-electron chi connectivity index (χ0n) is 14.7. The van der Waals surface area contributed by atoms with Gasteiger partial charge in [0.15, 0.2) is 5.11 Å². The third-order valence-corrected chi connectivity index (χ3v) is 3.84. The summed E-state index contributed by atoms with van der Waals surface area (Å²) in [5.74, 6) is -0.383. The van der Waals surface area contributed by atoms with Crippen molar-refractivity contribution in [1.29, 1.82) is 0 Å².